The number of nitrogens with zero attached hydrogens (tertiary/aromatic N) is 3. The van der Waals surface area contributed by atoms with Crippen LogP contribution in [0.15, 0.2) is 85.3 Å². The zero-order chi connectivity index (χ0) is 23.8. The number of amides is 2. The van der Waals surface area contributed by atoms with Crippen LogP contribution in [-0.2, 0) is 11.3 Å². The van der Waals surface area contributed by atoms with Crippen molar-refractivity contribution in [1.82, 2.24) is 25.4 Å². The summed E-state index contributed by atoms with van der Waals surface area (Å²) in [6, 6.07) is 20.6. The van der Waals surface area contributed by atoms with Gasteiger partial charge in [0.15, 0.2) is 0 Å². The van der Waals surface area contributed by atoms with Gasteiger partial charge < -0.3 is 15.4 Å². The molecule has 0 saturated heterocycles. The number of rotatable bonds is 9. The first kappa shape index (κ1) is 22.7. The van der Waals surface area contributed by atoms with Crippen molar-refractivity contribution in [2.75, 3.05) is 13.7 Å². The standard InChI is InChI=1S/C26H25N5O3/c1-34-22-9-7-20(8-10-22)25-23(18-31(30-25)21-5-3-2-4-6-21)26(33)28-16-13-24(32)29-17-19-11-14-27-15-12-19/h2-12,14-15,18H,13,16-17H2,1H3,(H,28,33)(H,29,32). The Labute approximate surface area is 197 Å². The average Bonchev–Trinajstić information content (AvgIpc) is 3.34. The van der Waals surface area contributed by atoms with Crippen molar-refractivity contribution in [3.05, 3.63) is 96.4 Å². The molecule has 2 amide bonds. The molecule has 34 heavy (non-hydrogen) atoms. The summed E-state index contributed by atoms with van der Waals surface area (Å²) in [6.45, 7) is 0.625. The zero-order valence-corrected chi connectivity index (χ0v) is 18.8. The van der Waals surface area contributed by atoms with Gasteiger partial charge in [-0.3, -0.25) is 14.6 Å². The largest absolute Gasteiger partial charge is 0.497 e. The number of hydrogen-bond acceptors (Lipinski definition) is 5. The van der Waals surface area contributed by atoms with Crippen LogP contribution in [0.4, 0.5) is 0 Å². The van der Waals surface area contributed by atoms with Gasteiger partial charge in [-0.1, -0.05) is 18.2 Å². The lowest BCUT2D eigenvalue weighted by molar-refractivity contribution is -0.121. The first-order valence-electron chi connectivity index (χ1n) is 10.9. The number of hydrogen-bond donors (Lipinski definition) is 2. The minimum absolute atomic E-state index is 0.146. The molecule has 0 aliphatic rings. The Bertz CT molecular complexity index is 1240. The monoisotopic (exact) mass is 455 g/mol. The molecule has 2 heterocycles. The van der Waals surface area contributed by atoms with Crippen LogP contribution >= 0.6 is 0 Å². The summed E-state index contributed by atoms with van der Waals surface area (Å²) in [7, 11) is 1.60. The molecule has 0 radical (unpaired) electrons. The normalized spacial score (nSPS) is 10.5. The quantitative estimate of drug-likeness (QED) is 0.403. The maximum Gasteiger partial charge on any atom is 0.255 e. The van der Waals surface area contributed by atoms with Crippen LogP contribution in [0.1, 0.15) is 22.3 Å². The zero-order valence-electron chi connectivity index (χ0n) is 18.8. The molecule has 8 heteroatoms. The summed E-state index contributed by atoms with van der Waals surface area (Å²) >= 11 is 0. The lowest BCUT2D eigenvalue weighted by atomic mass is 10.1. The van der Waals surface area contributed by atoms with Gasteiger partial charge in [0.2, 0.25) is 5.91 Å². The third-order valence-corrected chi connectivity index (χ3v) is 5.22. The van der Waals surface area contributed by atoms with Gasteiger partial charge >= 0.3 is 0 Å². The number of ether oxygens (including phenoxy) is 1. The highest BCUT2D eigenvalue weighted by atomic mass is 16.5. The van der Waals surface area contributed by atoms with E-state index in [0.717, 1.165) is 22.6 Å². The van der Waals surface area contributed by atoms with Gasteiger partial charge in [0, 0.05) is 43.7 Å². The highest BCUT2D eigenvalue weighted by Crippen LogP contribution is 2.26. The minimum Gasteiger partial charge on any atom is -0.497 e. The molecule has 0 spiro atoms. The maximum atomic E-state index is 13.0. The molecule has 0 aliphatic heterocycles. The molecule has 8 nitrogen and oxygen atoms in total. The maximum absolute atomic E-state index is 13.0. The Kier molecular flexibility index (Phi) is 7.29. The lowest BCUT2D eigenvalue weighted by Gasteiger charge is -2.07. The molecule has 0 unspecified atom stereocenters. The van der Waals surface area contributed by atoms with Crippen LogP contribution in [0, 0.1) is 0 Å². The van der Waals surface area contributed by atoms with Gasteiger partial charge in [-0.05, 0) is 54.1 Å². The van der Waals surface area contributed by atoms with Gasteiger partial charge in [-0.2, -0.15) is 5.10 Å². The van der Waals surface area contributed by atoms with E-state index >= 15 is 0 Å². The van der Waals surface area contributed by atoms with E-state index in [0.29, 0.717) is 17.8 Å². The van der Waals surface area contributed by atoms with Crippen molar-refractivity contribution < 1.29 is 14.3 Å². The Balaban J connectivity index is 1.45. The summed E-state index contributed by atoms with van der Waals surface area (Å²) in [5.74, 6) is 0.275. The third kappa shape index (κ3) is 5.66. The van der Waals surface area contributed by atoms with E-state index < -0.39 is 0 Å². The first-order chi connectivity index (χ1) is 16.6. The van der Waals surface area contributed by atoms with Crippen molar-refractivity contribution in [3.63, 3.8) is 0 Å². The molecular weight excluding hydrogens is 430 g/mol. The van der Waals surface area contributed by atoms with Crippen LogP contribution < -0.4 is 15.4 Å². The van der Waals surface area contributed by atoms with E-state index in [9.17, 15) is 9.59 Å². The van der Waals surface area contributed by atoms with E-state index in [2.05, 4.69) is 20.7 Å². The topological polar surface area (TPSA) is 98.1 Å². The number of benzene rings is 2. The van der Waals surface area contributed by atoms with E-state index in [-0.39, 0.29) is 24.8 Å². The number of aromatic nitrogens is 3. The number of nitrogens with one attached hydrogen (secondary N) is 2. The van der Waals surface area contributed by atoms with Crippen molar-refractivity contribution in [1.29, 1.82) is 0 Å². The van der Waals surface area contributed by atoms with Gasteiger partial charge in [0.1, 0.15) is 11.4 Å². The molecule has 0 saturated carbocycles. The van der Waals surface area contributed by atoms with Crippen LogP contribution in [0.25, 0.3) is 16.9 Å². The second kappa shape index (κ2) is 10.9. The van der Waals surface area contributed by atoms with Gasteiger partial charge in [-0.15, -0.1) is 0 Å². The lowest BCUT2D eigenvalue weighted by Crippen LogP contribution is -2.30. The predicted molar refractivity (Wildman–Crippen MR) is 129 cm³/mol. The number of pyridine rings is 1. The molecule has 2 N–H and O–H groups in total. The summed E-state index contributed by atoms with van der Waals surface area (Å²) in [6.07, 6.45) is 5.23. The molecule has 0 atom stereocenters. The molecule has 4 rings (SSSR count). The highest BCUT2D eigenvalue weighted by molar-refractivity contribution is 6.00. The fourth-order valence-electron chi connectivity index (χ4n) is 3.39. The molecule has 2 aromatic heterocycles. The van der Waals surface area contributed by atoms with E-state index in [1.54, 1.807) is 30.4 Å². The Morgan fingerprint density at radius 1 is 0.941 bits per heavy atom. The predicted octanol–water partition coefficient (Wildman–Crippen LogP) is 3.38. The minimum atomic E-state index is -0.296. The third-order valence-electron chi connectivity index (χ3n) is 5.22. The van der Waals surface area contributed by atoms with Crippen molar-refractivity contribution in [2.45, 2.75) is 13.0 Å². The van der Waals surface area contributed by atoms with E-state index in [1.165, 1.54) is 0 Å². The van der Waals surface area contributed by atoms with Crippen LogP contribution in [0.5, 0.6) is 5.75 Å². The number of para-hydroxylation sites is 1. The summed E-state index contributed by atoms with van der Waals surface area (Å²) < 4.78 is 6.91. The van der Waals surface area contributed by atoms with E-state index in [1.807, 2.05) is 66.7 Å². The summed E-state index contributed by atoms with van der Waals surface area (Å²) in [4.78, 5) is 29.2. The second-order valence-corrected chi connectivity index (χ2v) is 7.54. The van der Waals surface area contributed by atoms with Crippen molar-refractivity contribution >= 4 is 11.8 Å². The fourth-order valence-corrected chi connectivity index (χ4v) is 3.39. The molecular formula is C26H25N5O3. The van der Waals surface area contributed by atoms with Crippen LogP contribution in [0.3, 0.4) is 0 Å². The molecule has 0 bridgehead atoms. The van der Waals surface area contributed by atoms with Gasteiger partial charge in [0.25, 0.3) is 5.91 Å². The van der Waals surface area contributed by atoms with Crippen LogP contribution in [0.2, 0.25) is 0 Å². The molecule has 4 aromatic rings. The summed E-state index contributed by atoms with van der Waals surface area (Å²) in [5.41, 5.74) is 3.56. The Morgan fingerprint density at radius 3 is 2.38 bits per heavy atom. The van der Waals surface area contributed by atoms with E-state index in [4.69, 9.17) is 4.74 Å². The molecule has 0 fully saturated rings. The molecule has 0 aliphatic carbocycles. The highest BCUT2D eigenvalue weighted by Gasteiger charge is 2.19. The number of carbonyl (C=O) groups excluding carboxylic acids is 2. The second-order valence-electron chi connectivity index (χ2n) is 7.54. The Hall–Kier alpha value is -4.46. The summed E-state index contributed by atoms with van der Waals surface area (Å²) in [5, 5.41) is 10.3. The van der Waals surface area contributed by atoms with Gasteiger partial charge in [-0.25, -0.2) is 4.68 Å². The molecule has 2 aromatic carbocycles. The van der Waals surface area contributed by atoms with Gasteiger partial charge in [0.05, 0.1) is 18.4 Å². The SMILES string of the molecule is COc1ccc(-c2nn(-c3ccccc3)cc2C(=O)NCCC(=O)NCc2ccncc2)cc1. The first-order valence-corrected chi connectivity index (χ1v) is 10.9. The molecule has 172 valence electrons. The smallest absolute Gasteiger partial charge is 0.255 e. The van der Waals surface area contributed by atoms with Crippen LogP contribution in [-0.4, -0.2) is 40.2 Å². The van der Waals surface area contributed by atoms with Crippen molar-refractivity contribution in [3.8, 4) is 22.7 Å². The fraction of sp³-hybridized carbons (Fsp3) is 0.154. The average molecular weight is 456 g/mol. The number of carbonyl (C=O) groups is 2. The van der Waals surface area contributed by atoms with Crippen molar-refractivity contribution in [2.24, 2.45) is 0 Å². The Morgan fingerprint density at radius 2 is 1.68 bits per heavy atom. The number of methoxy groups -OCH3 is 1.